The van der Waals surface area contributed by atoms with Gasteiger partial charge in [-0.05, 0) is 20.4 Å². The minimum absolute atomic E-state index is 0.474. The fraction of sp³-hybridized carbons (Fsp3) is 1.00. The molecule has 2 atom stereocenters. The van der Waals surface area contributed by atoms with Gasteiger partial charge < -0.3 is 10.5 Å². The lowest BCUT2D eigenvalue weighted by Crippen LogP contribution is -2.42. The van der Waals surface area contributed by atoms with Gasteiger partial charge in [-0.3, -0.25) is 4.90 Å². The molecule has 0 spiro atoms. The van der Waals surface area contributed by atoms with E-state index in [0.717, 1.165) is 26.2 Å². The lowest BCUT2D eigenvalue weighted by molar-refractivity contribution is 0.140. The summed E-state index contributed by atoms with van der Waals surface area (Å²) in [6.07, 6.45) is 1.15. The van der Waals surface area contributed by atoms with Gasteiger partial charge in [0.05, 0.1) is 6.61 Å². The molecule has 0 bridgehead atoms. The summed E-state index contributed by atoms with van der Waals surface area (Å²) >= 11 is 0. The van der Waals surface area contributed by atoms with Gasteiger partial charge in [0.25, 0.3) is 0 Å². The maximum absolute atomic E-state index is 5.56. The normalized spacial score (nSPS) is 27.8. The molecule has 2 N–H and O–H groups in total. The summed E-state index contributed by atoms with van der Waals surface area (Å²) in [6, 6.07) is 1.07. The average Bonchev–Trinajstić information content (AvgIpc) is 2.53. The van der Waals surface area contributed by atoms with Crippen LogP contribution in [0.15, 0.2) is 0 Å². The number of rotatable bonds is 3. The molecular weight excluding hydrogens is 140 g/mol. The van der Waals surface area contributed by atoms with Crippen molar-refractivity contribution < 1.29 is 4.74 Å². The largest absolute Gasteiger partial charge is 0.380 e. The first-order chi connectivity index (χ1) is 5.25. The Morgan fingerprint density at radius 3 is 2.91 bits per heavy atom. The van der Waals surface area contributed by atoms with Crippen LogP contribution >= 0.6 is 0 Å². The van der Waals surface area contributed by atoms with E-state index in [-0.39, 0.29) is 0 Å². The van der Waals surface area contributed by atoms with Gasteiger partial charge in [0.1, 0.15) is 0 Å². The lowest BCUT2D eigenvalue weighted by atomic mass is 10.2. The predicted octanol–water partition coefficient (Wildman–Crippen LogP) is 0.0543. The first-order valence-electron chi connectivity index (χ1n) is 4.25. The summed E-state index contributed by atoms with van der Waals surface area (Å²) in [6.45, 7) is 4.67. The van der Waals surface area contributed by atoms with E-state index < -0.39 is 0 Å². The minimum Gasteiger partial charge on any atom is -0.380 e. The topological polar surface area (TPSA) is 38.5 Å². The molecular formula is C8H18N2O. The third-order valence-corrected chi connectivity index (χ3v) is 2.52. The second kappa shape index (κ2) is 4.04. The fourth-order valence-corrected chi connectivity index (χ4v) is 1.37. The van der Waals surface area contributed by atoms with Gasteiger partial charge in [0, 0.05) is 25.2 Å². The molecule has 1 heterocycles. The fourth-order valence-electron chi connectivity index (χ4n) is 1.37. The molecule has 0 aliphatic carbocycles. The van der Waals surface area contributed by atoms with Gasteiger partial charge in [-0.15, -0.1) is 0 Å². The van der Waals surface area contributed by atoms with E-state index in [1.807, 2.05) is 0 Å². The Hall–Kier alpha value is -0.120. The number of nitrogens with two attached hydrogens (primary N) is 1. The smallest absolute Gasteiger partial charge is 0.0622 e. The van der Waals surface area contributed by atoms with Crippen LogP contribution in [-0.2, 0) is 4.74 Å². The summed E-state index contributed by atoms with van der Waals surface area (Å²) < 4.78 is 5.29. The Morgan fingerprint density at radius 1 is 1.73 bits per heavy atom. The number of hydrogen-bond donors (Lipinski definition) is 1. The van der Waals surface area contributed by atoms with Crippen molar-refractivity contribution in [2.24, 2.45) is 5.73 Å². The van der Waals surface area contributed by atoms with Gasteiger partial charge in [-0.1, -0.05) is 0 Å². The van der Waals surface area contributed by atoms with Crippen LogP contribution in [0.25, 0.3) is 0 Å². The third-order valence-electron chi connectivity index (χ3n) is 2.52. The molecule has 1 saturated heterocycles. The zero-order chi connectivity index (χ0) is 8.27. The molecule has 0 aromatic rings. The minimum atomic E-state index is 0.474. The molecule has 0 aromatic carbocycles. The quantitative estimate of drug-likeness (QED) is 0.631. The van der Waals surface area contributed by atoms with Crippen molar-refractivity contribution >= 4 is 0 Å². The van der Waals surface area contributed by atoms with Crippen LogP contribution in [0.4, 0.5) is 0 Å². The van der Waals surface area contributed by atoms with Crippen LogP contribution in [-0.4, -0.2) is 43.8 Å². The molecule has 3 heteroatoms. The van der Waals surface area contributed by atoms with Gasteiger partial charge in [-0.2, -0.15) is 0 Å². The van der Waals surface area contributed by atoms with E-state index in [4.69, 9.17) is 10.5 Å². The number of nitrogens with zero attached hydrogens (tertiary/aromatic N) is 1. The van der Waals surface area contributed by atoms with Crippen molar-refractivity contribution in [3.8, 4) is 0 Å². The van der Waals surface area contributed by atoms with E-state index in [0.29, 0.717) is 12.1 Å². The summed E-state index contributed by atoms with van der Waals surface area (Å²) in [4.78, 5) is 2.31. The maximum atomic E-state index is 5.56. The van der Waals surface area contributed by atoms with E-state index >= 15 is 0 Å². The molecule has 2 unspecified atom stereocenters. The Balaban J connectivity index is 2.32. The molecule has 0 amide bonds. The van der Waals surface area contributed by atoms with Crippen LogP contribution in [0.3, 0.4) is 0 Å². The second-order valence-electron chi connectivity index (χ2n) is 3.27. The highest BCUT2D eigenvalue weighted by Gasteiger charge is 2.22. The summed E-state index contributed by atoms with van der Waals surface area (Å²) in [5.74, 6) is 0. The Bertz CT molecular complexity index is 113. The highest BCUT2D eigenvalue weighted by atomic mass is 16.5. The van der Waals surface area contributed by atoms with Crippen LogP contribution in [0, 0.1) is 0 Å². The average molecular weight is 158 g/mol. The van der Waals surface area contributed by atoms with Crippen LogP contribution < -0.4 is 5.73 Å². The summed E-state index contributed by atoms with van der Waals surface area (Å²) in [5, 5.41) is 0. The van der Waals surface area contributed by atoms with Crippen LogP contribution in [0.2, 0.25) is 0 Å². The highest BCUT2D eigenvalue weighted by molar-refractivity contribution is 4.77. The van der Waals surface area contributed by atoms with E-state index in [1.165, 1.54) is 0 Å². The third kappa shape index (κ3) is 2.15. The lowest BCUT2D eigenvalue weighted by Gasteiger charge is -2.28. The molecule has 3 nitrogen and oxygen atoms in total. The second-order valence-corrected chi connectivity index (χ2v) is 3.27. The van der Waals surface area contributed by atoms with Gasteiger partial charge in [0.15, 0.2) is 0 Å². The Labute approximate surface area is 68.5 Å². The van der Waals surface area contributed by atoms with Crippen molar-refractivity contribution in [2.45, 2.75) is 25.4 Å². The number of hydrogen-bond acceptors (Lipinski definition) is 3. The zero-order valence-electron chi connectivity index (χ0n) is 7.42. The molecule has 1 rings (SSSR count). The summed E-state index contributed by atoms with van der Waals surface area (Å²) in [5.41, 5.74) is 5.56. The van der Waals surface area contributed by atoms with Crippen LogP contribution in [0.5, 0.6) is 0 Å². The molecule has 11 heavy (non-hydrogen) atoms. The molecule has 0 aromatic heterocycles. The van der Waals surface area contributed by atoms with Gasteiger partial charge in [0.2, 0.25) is 0 Å². The van der Waals surface area contributed by atoms with Crippen molar-refractivity contribution in [1.82, 2.24) is 4.90 Å². The first kappa shape index (κ1) is 8.97. The maximum Gasteiger partial charge on any atom is 0.0622 e. The van der Waals surface area contributed by atoms with Crippen molar-refractivity contribution in [2.75, 3.05) is 26.8 Å². The molecule has 1 aliphatic heterocycles. The number of likely N-dealkylation sites (N-methyl/N-ethyl adjacent to an activating group) is 1. The van der Waals surface area contributed by atoms with Crippen molar-refractivity contribution in [1.29, 1.82) is 0 Å². The van der Waals surface area contributed by atoms with Gasteiger partial charge in [-0.25, -0.2) is 0 Å². The molecule has 0 radical (unpaired) electrons. The Kier molecular flexibility index (Phi) is 3.30. The molecule has 1 aliphatic rings. The standard InChI is InChI=1S/C8H18N2O/c1-7(5-9)10(2)8-3-4-11-6-8/h7-8H,3-6,9H2,1-2H3. The van der Waals surface area contributed by atoms with Crippen molar-refractivity contribution in [3.05, 3.63) is 0 Å². The van der Waals surface area contributed by atoms with E-state index in [1.54, 1.807) is 0 Å². The van der Waals surface area contributed by atoms with E-state index in [2.05, 4.69) is 18.9 Å². The van der Waals surface area contributed by atoms with Crippen LogP contribution in [0.1, 0.15) is 13.3 Å². The predicted molar refractivity (Wildman–Crippen MR) is 45.5 cm³/mol. The molecule has 1 fully saturated rings. The SMILES string of the molecule is CC(CN)N(C)C1CCOC1. The first-order valence-corrected chi connectivity index (χ1v) is 4.25. The molecule has 0 saturated carbocycles. The van der Waals surface area contributed by atoms with Crippen molar-refractivity contribution in [3.63, 3.8) is 0 Å². The summed E-state index contributed by atoms with van der Waals surface area (Å²) in [7, 11) is 2.12. The Morgan fingerprint density at radius 2 is 2.45 bits per heavy atom. The number of ether oxygens (including phenoxy) is 1. The van der Waals surface area contributed by atoms with Gasteiger partial charge >= 0.3 is 0 Å². The highest BCUT2D eigenvalue weighted by Crippen LogP contribution is 2.12. The van der Waals surface area contributed by atoms with E-state index in [9.17, 15) is 0 Å². The monoisotopic (exact) mass is 158 g/mol. The zero-order valence-corrected chi connectivity index (χ0v) is 7.42. The molecule has 66 valence electrons.